The van der Waals surface area contributed by atoms with Crippen LogP contribution in [0.25, 0.3) is 0 Å². The molecule has 0 aliphatic carbocycles. The number of nitrogens with zero attached hydrogens (tertiary/aromatic N) is 3. The summed E-state index contributed by atoms with van der Waals surface area (Å²) >= 11 is 0. The van der Waals surface area contributed by atoms with Crippen LogP contribution in [0.15, 0.2) is 17.1 Å². The van der Waals surface area contributed by atoms with Crippen molar-refractivity contribution in [2.45, 2.75) is 6.54 Å². The number of aliphatic hydroxyl groups is 2. The van der Waals surface area contributed by atoms with Gasteiger partial charge < -0.3 is 20.8 Å². The lowest BCUT2D eigenvalue weighted by atomic mass is 10.1. The first-order chi connectivity index (χ1) is 9.17. The number of nitrogens with two attached hydrogens (primary N) is 1. The van der Waals surface area contributed by atoms with Crippen molar-refractivity contribution in [3.05, 3.63) is 17.7 Å². The van der Waals surface area contributed by atoms with Gasteiger partial charge in [-0.2, -0.15) is 0 Å². The number of hydroxylamine groups is 2. The summed E-state index contributed by atoms with van der Waals surface area (Å²) in [5, 5.41) is 28.7. The first kappa shape index (κ1) is 13.6. The van der Waals surface area contributed by atoms with Crippen molar-refractivity contribution < 1.29 is 15.4 Å². The van der Waals surface area contributed by atoms with Crippen molar-refractivity contribution in [3.63, 3.8) is 0 Å². The Morgan fingerprint density at radius 3 is 2.58 bits per heavy atom. The minimum absolute atomic E-state index is 0.0226. The van der Waals surface area contributed by atoms with Crippen LogP contribution in [0.1, 0.15) is 5.56 Å². The minimum atomic E-state index is -0.0226. The number of hydrogen-bond acceptors (Lipinski definition) is 7. The third-order valence-electron chi connectivity index (χ3n) is 3.01. The number of aliphatic imine (C=N–C) groups is 1. The Labute approximate surface area is 111 Å². The van der Waals surface area contributed by atoms with Crippen molar-refractivity contribution >= 4 is 23.4 Å². The number of benzene rings is 1. The molecule has 2 rings (SSSR count). The molecule has 0 bridgehead atoms. The van der Waals surface area contributed by atoms with Gasteiger partial charge in [-0.15, -0.1) is 0 Å². The molecule has 1 aliphatic rings. The van der Waals surface area contributed by atoms with Gasteiger partial charge in [0.15, 0.2) is 0 Å². The lowest BCUT2D eigenvalue weighted by Gasteiger charge is -2.29. The zero-order valence-electron chi connectivity index (χ0n) is 10.5. The molecule has 104 valence electrons. The maximum absolute atomic E-state index is 9.54. The van der Waals surface area contributed by atoms with E-state index in [-0.39, 0.29) is 19.8 Å². The maximum atomic E-state index is 9.54. The van der Waals surface area contributed by atoms with E-state index < -0.39 is 0 Å². The molecule has 0 spiro atoms. The number of aliphatic hydroxyl groups excluding tert-OH is 2. The second-order valence-corrected chi connectivity index (χ2v) is 4.28. The molecule has 7 nitrogen and oxygen atoms in total. The summed E-state index contributed by atoms with van der Waals surface area (Å²) in [6.07, 6.45) is 1.31. The average Bonchev–Trinajstić information content (AvgIpc) is 2.39. The molecular formula is C12H18N4O3. The second kappa shape index (κ2) is 5.87. The molecule has 1 heterocycles. The summed E-state index contributed by atoms with van der Waals surface area (Å²) in [5.74, 6) is 0. The number of nitrogen functional groups attached to an aromatic ring is 1. The lowest BCUT2D eigenvalue weighted by molar-refractivity contribution is -0.0177. The van der Waals surface area contributed by atoms with Crippen LogP contribution < -0.4 is 10.6 Å². The Morgan fingerprint density at radius 2 is 1.95 bits per heavy atom. The van der Waals surface area contributed by atoms with E-state index in [4.69, 9.17) is 15.9 Å². The quantitative estimate of drug-likeness (QED) is 0.556. The number of rotatable bonds is 5. The van der Waals surface area contributed by atoms with Gasteiger partial charge in [-0.3, -0.25) is 5.21 Å². The molecule has 0 fully saturated rings. The summed E-state index contributed by atoms with van der Waals surface area (Å²) in [6.45, 7) is 1.02. The van der Waals surface area contributed by atoms with Crippen LogP contribution >= 0.6 is 0 Å². The summed E-state index contributed by atoms with van der Waals surface area (Å²) in [5.41, 5.74) is 8.63. The van der Waals surface area contributed by atoms with Crippen LogP contribution in [-0.2, 0) is 6.54 Å². The van der Waals surface area contributed by atoms with E-state index in [1.54, 1.807) is 6.07 Å². The third kappa shape index (κ3) is 2.78. The molecule has 0 aromatic heterocycles. The fraction of sp³-hybridized carbons (Fsp3) is 0.417. The van der Waals surface area contributed by atoms with Crippen molar-refractivity contribution in [1.82, 2.24) is 5.06 Å². The van der Waals surface area contributed by atoms with Crippen molar-refractivity contribution in [2.75, 3.05) is 36.9 Å². The summed E-state index contributed by atoms with van der Waals surface area (Å²) in [4.78, 5) is 5.95. The topological polar surface area (TPSA) is 106 Å². The molecule has 1 aromatic rings. The first-order valence-corrected chi connectivity index (χ1v) is 6.05. The van der Waals surface area contributed by atoms with E-state index in [1.807, 2.05) is 11.0 Å². The molecular weight excluding hydrogens is 248 g/mol. The van der Waals surface area contributed by atoms with Crippen LogP contribution in [-0.4, -0.2) is 53.1 Å². The summed E-state index contributed by atoms with van der Waals surface area (Å²) in [7, 11) is 0. The van der Waals surface area contributed by atoms with Crippen molar-refractivity contribution in [3.8, 4) is 0 Å². The SMILES string of the molecule is Nc1ccc(N(CCO)CCO)c2c1N=CN(O)C2. The standard InChI is InChI=1S/C12H18N4O3/c13-10-1-2-11(15(3-5-17)4-6-18)9-7-16(19)8-14-12(9)10/h1-2,8,17-19H,3-7,13H2. The molecule has 5 N–H and O–H groups in total. The van der Waals surface area contributed by atoms with Crippen LogP contribution in [0.4, 0.5) is 17.1 Å². The largest absolute Gasteiger partial charge is 0.397 e. The van der Waals surface area contributed by atoms with E-state index in [0.717, 1.165) is 16.3 Å². The average molecular weight is 266 g/mol. The molecule has 1 aromatic carbocycles. The van der Waals surface area contributed by atoms with Gasteiger partial charge in [0.2, 0.25) is 0 Å². The molecule has 0 unspecified atom stereocenters. The Morgan fingerprint density at radius 1 is 1.26 bits per heavy atom. The highest BCUT2D eigenvalue weighted by Crippen LogP contribution is 2.37. The van der Waals surface area contributed by atoms with Crippen LogP contribution in [0.3, 0.4) is 0 Å². The van der Waals surface area contributed by atoms with Gasteiger partial charge in [0.05, 0.1) is 31.1 Å². The van der Waals surface area contributed by atoms with Gasteiger partial charge >= 0.3 is 0 Å². The van der Waals surface area contributed by atoms with Crippen LogP contribution in [0, 0.1) is 0 Å². The number of anilines is 2. The molecule has 0 atom stereocenters. The van der Waals surface area contributed by atoms with E-state index in [2.05, 4.69) is 4.99 Å². The zero-order valence-corrected chi connectivity index (χ0v) is 10.5. The Hall–Kier alpha value is -1.83. The molecule has 1 aliphatic heterocycles. The van der Waals surface area contributed by atoms with E-state index >= 15 is 0 Å². The Balaban J connectivity index is 2.43. The third-order valence-corrected chi connectivity index (χ3v) is 3.01. The Bertz CT molecular complexity index is 472. The molecule has 0 saturated heterocycles. The number of fused-ring (bicyclic) bond motifs is 1. The summed E-state index contributed by atoms with van der Waals surface area (Å²) in [6, 6.07) is 3.55. The normalized spacial score (nSPS) is 13.5. The first-order valence-electron chi connectivity index (χ1n) is 6.05. The number of hydrogen-bond donors (Lipinski definition) is 4. The van der Waals surface area contributed by atoms with Crippen LogP contribution in [0.5, 0.6) is 0 Å². The van der Waals surface area contributed by atoms with E-state index in [0.29, 0.717) is 24.5 Å². The van der Waals surface area contributed by atoms with Crippen molar-refractivity contribution in [1.29, 1.82) is 0 Å². The highest BCUT2D eigenvalue weighted by Gasteiger charge is 2.20. The minimum Gasteiger partial charge on any atom is -0.397 e. The van der Waals surface area contributed by atoms with E-state index in [9.17, 15) is 5.21 Å². The molecule has 0 saturated carbocycles. The van der Waals surface area contributed by atoms with Crippen LogP contribution in [0.2, 0.25) is 0 Å². The Kier molecular flexibility index (Phi) is 4.20. The fourth-order valence-corrected chi connectivity index (χ4v) is 2.17. The highest BCUT2D eigenvalue weighted by atomic mass is 16.5. The molecule has 0 amide bonds. The predicted octanol–water partition coefficient (Wildman–Crippen LogP) is -0.0756. The molecule has 7 heteroatoms. The second-order valence-electron chi connectivity index (χ2n) is 4.28. The van der Waals surface area contributed by atoms with Gasteiger partial charge in [0.1, 0.15) is 6.34 Å². The lowest BCUT2D eigenvalue weighted by Crippen LogP contribution is -2.32. The van der Waals surface area contributed by atoms with Gasteiger partial charge in [-0.05, 0) is 12.1 Å². The molecule has 19 heavy (non-hydrogen) atoms. The predicted molar refractivity (Wildman–Crippen MR) is 72.7 cm³/mol. The monoisotopic (exact) mass is 266 g/mol. The van der Waals surface area contributed by atoms with Crippen molar-refractivity contribution in [2.24, 2.45) is 4.99 Å². The van der Waals surface area contributed by atoms with Gasteiger partial charge in [-0.25, -0.2) is 10.1 Å². The van der Waals surface area contributed by atoms with E-state index in [1.165, 1.54) is 6.34 Å². The maximum Gasteiger partial charge on any atom is 0.116 e. The smallest absolute Gasteiger partial charge is 0.116 e. The summed E-state index contributed by atoms with van der Waals surface area (Å²) < 4.78 is 0. The zero-order chi connectivity index (χ0) is 13.8. The fourth-order valence-electron chi connectivity index (χ4n) is 2.17. The van der Waals surface area contributed by atoms with Gasteiger partial charge in [-0.1, -0.05) is 0 Å². The highest BCUT2D eigenvalue weighted by molar-refractivity contribution is 5.81. The molecule has 0 radical (unpaired) electrons. The van der Waals surface area contributed by atoms with Gasteiger partial charge in [0.25, 0.3) is 0 Å². The van der Waals surface area contributed by atoms with Gasteiger partial charge in [0, 0.05) is 24.3 Å².